The van der Waals surface area contributed by atoms with Gasteiger partial charge in [-0.25, -0.2) is 0 Å². The lowest BCUT2D eigenvalue weighted by molar-refractivity contribution is 0.653. The predicted octanol–water partition coefficient (Wildman–Crippen LogP) is 1.60. The number of rotatable bonds is 5. The number of fused-ring (bicyclic) bond motifs is 3. The van der Waals surface area contributed by atoms with Gasteiger partial charge in [-0.15, -0.1) is 0 Å². The Labute approximate surface area is 134 Å². The van der Waals surface area contributed by atoms with Crippen LogP contribution in [0.1, 0.15) is 30.5 Å². The highest BCUT2D eigenvalue weighted by atomic mass is 16.1. The van der Waals surface area contributed by atoms with Gasteiger partial charge >= 0.3 is 0 Å². The number of H-pyrrole nitrogens is 1. The Morgan fingerprint density at radius 3 is 2.83 bits per heavy atom. The van der Waals surface area contributed by atoms with Gasteiger partial charge in [0.15, 0.2) is 0 Å². The van der Waals surface area contributed by atoms with Crippen LogP contribution in [0.25, 0.3) is 21.8 Å². The molecule has 0 fully saturated rings. The van der Waals surface area contributed by atoms with Crippen LogP contribution in [0.15, 0.2) is 23.0 Å². The summed E-state index contributed by atoms with van der Waals surface area (Å²) < 4.78 is 1.81. The summed E-state index contributed by atoms with van der Waals surface area (Å²) in [5.74, 6) is 0.263. The van der Waals surface area contributed by atoms with Gasteiger partial charge in [0.25, 0.3) is 5.56 Å². The van der Waals surface area contributed by atoms with Gasteiger partial charge in [-0.3, -0.25) is 9.89 Å². The Kier molecular flexibility index (Phi) is 4.19. The Bertz CT molecular complexity index is 909. The average molecular weight is 313 g/mol. The number of benzene rings is 1. The fourth-order valence-electron chi connectivity index (χ4n) is 3.02. The zero-order valence-corrected chi connectivity index (χ0v) is 13.6. The summed E-state index contributed by atoms with van der Waals surface area (Å²) in [4.78, 5) is 12.8. The van der Waals surface area contributed by atoms with Crippen LogP contribution in [0, 0.1) is 6.92 Å². The van der Waals surface area contributed by atoms with Gasteiger partial charge in [0, 0.05) is 17.6 Å². The summed E-state index contributed by atoms with van der Waals surface area (Å²) in [6.07, 6.45) is 0.762. The van der Waals surface area contributed by atoms with E-state index >= 15 is 0 Å². The number of hydrogen-bond donors (Lipinski definition) is 3. The minimum Gasteiger partial charge on any atom is -0.330 e. The predicted molar refractivity (Wildman–Crippen MR) is 93.7 cm³/mol. The van der Waals surface area contributed by atoms with E-state index in [0.29, 0.717) is 25.0 Å². The summed E-state index contributed by atoms with van der Waals surface area (Å²) >= 11 is 0. The van der Waals surface area contributed by atoms with Crippen molar-refractivity contribution in [2.45, 2.75) is 32.7 Å². The molecule has 3 rings (SSSR count). The van der Waals surface area contributed by atoms with E-state index in [1.165, 1.54) is 0 Å². The minimum atomic E-state index is -0.00757. The molecule has 0 bridgehead atoms. The van der Waals surface area contributed by atoms with E-state index in [4.69, 9.17) is 11.5 Å². The molecule has 0 radical (unpaired) electrons. The third kappa shape index (κ3) is 2.54. The molecule has 5 N–H and O–H groups in total. The number of pyridine rings is 1. The fraction of sp³-hybridized carbons (Fsp3) is 0.412. The molecule has 2 heterocycles. The van der Waals surface area contributed by atoms with Crippen LogP contribution in [0.5, 0.6) is 0 Å². The Morgan fingerprint density at radius 1 is 1.35 bits per heavy atom. The molecule has 1 unspecified atom stereocenters. The number of nitrogens with two attached hydrogens (primary N) is 2. The third-order valence-corrected chi connectivity index (χ3v) is 4.48. The van der Waals surface area contributed by atoms with Crippen LogP contribution in [-0.2, 0) is 6.54 Å². The highest BCUT2D eigenvalue weighted by Gasteiger charge is 2.16. The van der Waals surface area contributed by atoms with Crippen molar-refractivity contribution in [3.05, 3.63) is 39.8 Å². The molecule has 23 heavy (non-hydrogen) atoms. The molecule has 3 aromatic rings. The van der Waals surface area contributed by atoms with Crippen molar-refractivity contribution in [2.75, 3.05) is 13.1 Å². The van der Waals surface area contributed by atoms with Crippen molar-refractivity contribution < 1.29 is 0 Å². The first-order chi connectivity index (χ1) is 11.1. The number of nitrogens with one attached hydrogen (secondary N) is 1. The van der Waals surface area contributed by atoms with Crippen LogP contribution in [0.3, 0.4) is 0 Å². The molecule has 0 saturated carbocycles. The topological polar surface area (TPSA) is 103 Å². The maximum absolute atomic E-state index is 12.8. The monoisotopic (exact) mass is 313 g/mol. The average Bonchev–Trinajstić information content (AvgIpc) is 2.96. The van der Waals surface area contributed by atoms with Crippen molar-refractivity contribution in [3.63, 3.8) is 0 Å². The second-order valence-corrected chi connectivity index (χ2v) is 6.08. The van der Waals surface area contributed by atoms with Crippen LogP contribution < -0.4 is 17.0 Å². The molecule has 6 heteroatoms. The molecule has 0 saturated heterocycles. The Morgan fingerprint density at radius 2 is 2.13 bits per heavy atom. The molecule has 122 valence electrons. The van der Waals surface area contributed by atoms with Gasteiger partial charge < -0.3 is 16.0 Å². The van der Waals surface area contributed by atoms with E-state index in [1.54, 1.807) is 0 Å². The van der Waals surface area contributed by atoms with Gasteiger partial charge in [-0.05, 0) is 50.0 Å². The zero-order chi connectivity index (χ0) is 16.6. The smallest absolute Gasteiger partial charge is 0.262 e. The fourth-order valence-corrected chi connectivity index (χ4v) is 3.02. The molecule has 6 nitrogen and oxygen atoms in total. The molecule has 0 spiro atoms. The highest BCUT2D eigenvalue weighted by molar-refractivity contribution is 6.04. The van der Waals surface area contributed by atoms with Gasteiger partial charge in [0.05, 0.1) is 10.9 Å². The number of aryl methyl sites for hydroxylation is 2. The Hall–Kier alpha value is -2.18. The van der Waals surface area contributed by atoms with Gasteiger partial charge in [-0.2, -0.15) is 5.10 Å². The van der Waals surface area contributed by atoms with E-state index in [9.17, 15) is 4.79 Å². The molecule has 0 aliphatic carbocycles. The lowest BCUT2D eigenvalue weighted by atomic mass is 9.98. The van der Waals surface area contributed by atoms with Gasteiger partial charge in [0.1, 0.15) is 5.52 Å². The van der Waals surface area contributed by atoms with Crippen LogP contribution in [0.4, 0.5) is 0 Å². The zero-order valence-electron chi connectivity index (χ0n) is 13.6. The summed E-state index contributed by atoms with van der Waals surface area (Å²) in [5.41, 5.74) is 15.0. The molecule has 2 aromatic heterocycles. The largest absolute Gasteiger partial charge is 0.330 e. The molecular formula is C17H23N5O. The number of aromatic nitrogens is 3. The second kappa shape index (κ2) is 6.14. The van der Waals surface area contributed by atoms with Crippen molar-refractivity contribution >= 4 is 21.8 Å². The number of nitrogens with zero attached hydrogens (tertiary/aromatic N) is 2. The van der Waals surface area contributed by atoms with Crippen molar-refractivity contribution in [3.8, 4) is 0 Å². The van der Waals surface area contributed by atoms with Crippen LogP contribution in [0.2, 0.25) is 0 Å². The standard InChI is InChI=1S/C17H23N5O/c1-10(9-19)12-4-5-14-13(8-12)16-15(11(2)20-21-16)17(23)22(14)7-3-6-18/h4-5,8,10H,3,6-7,9,18-19H2,1-2H3,(H,20,21). The van der Waals surface area contributed by atoms with Crippen molar-refractivity contribution in [1.82, 2.24) is 14.8 Å². The number of hydrogen-bond acceptors (Lipinski definition) is 4. The molecule has 0 amide bonds. The molecular weight excluding hydrogens is 290 g/mol. The number of aromatic amines is 1. The first kappa shape index (κ1) is 15.7. The van der Waals surface area contributed by atoms with Gasteiger partial charge in [0.2, 0.25) is 0 Å². The molecule has 0 aliphatic heterocycles. The van der Waals surface area contributed by atoms with Crippen molar-refractivity contribution in [1.29, 1.82) is 0 Å². The van der Waals surface area contributed by atoms with E-state index in [1.807, 2.05) is 23.6 Å². The quantitative estimate of drug-likeness (QED) is 0.665. The van der Waals surface area contributed by atoms with Crippen LogP contribution in [-0.4, -0.2) is 27.9 Å². The van der Waals surface area contributed by atoms with E-state index in [0.717, 1.165) is 34.1 Å². The summed E-state index contributed by atoms with van der Waals surface area (Å²) in [5, 5.41) is 8.95. The minimum absolute atomic E-state index is 0.00757. The highest BCUT2D eigenvalue weighted by Crippen LogP contribution is 2.26. The molecule has 1 aromatic carbocycles. The third-order valence-electron chi connectivity index (χ3n) is 4.48. The summed E-state index contributed by atoms with van der Waals surface area (Å²) in [6, 6.07) is 6.15. The van der Waals surface area contributed by atoms with Gasteiger partial charge in [-0.1, -0.05) is 13.0 Å². The van der Waals surface area contributed by atoms with E-state index in [-0.39, 0.29) is 11.5 Å². The first-order valence-electron chi connectivity index (χ1n) is 7.99. The van der Waals surface area contributed by atoms with E-state index < -0.39 is 0 Å². The maximum atomic E-state index is 12.8. The normalized spacial score (nSPS) is 13.0. The summed E-state index contributed by atoms with van der Waals surface area (Å²) in [6.45, 7) is 5.72. The lowest BCUT2D eigenvalue weighted by Gasteiger charge is -2.14. The summed E-state index contributed by atoms with van der Waals surface area (Å²) in [7, 11) is 0. The molecule has 1 atom stereocenters. The second-order valence-electron chi connectivity index (χ2n) is 6.08. The van der Waals surface area contributed by atoms with Crippen LogP contribution >= 0.6 is 0 Å². The maximum Gasteiger partial charge on any atom is 0.262 e. The first-order valence-corrected chi connectivity index (χ1v) is 7.99. The SMILES string of the molecule is Cc1[nH]nc2c1c(=O)n(CCCN)c1ccc(C(C)CN)cc21. The lowest BCUT2D eigenvalue weighted by Crippen LogP contribution is -2.22. The van der Waals surface area contributed by atoms with Crippen molar-refractivity contribution in [2.24, 2.45) is 11.5 Å². The van der Waals surface area contributed by atoms with E-state index in [2.05, 4.69) is 23.2 Å². The molecule has 0 aliphatic rings. The Balaban J connectivity index is 2.37.